The van der Waals surface area contributed by atoms with E-state index in [0.717, 1.165) is 17.4 Å². The molecule has 0 N–H and O–H groups in total. The predicted octanol–water partition coefficient (Wildman–Crippen LogP) is 2.21. The van der Waals surface area contributed by atoms with Crippen LogP contribution < -0.4 is 0 Å². The van der Waals surface area contributed by atoms with Crippen LogP contribution in [0.3, 0.4) is 0 Å². The van der Waals surface area contributed by atoms with E-state index in [9.17, 15) is 4.79 Å². The zero-order valence-corrected chi connectivity index (χ0v) is 8.95. The summed E-state index contributed by atoms with van der Waals surface area (Å²) in [6.07, 6.45) is 5.84. The van der Waals surface area contributed by atoms with Gasteiger partial charge in [0.1, 0.15) is 5.69 Å². The van der Waals surface area contributed by atoms with Crippen LogP contribution in [0, 0.1) is 0 Å². The third kappa shape index (κ3) is 1.50. The molecule has 82 valence electrons. The minimum Gasteiger partial charge on any atom is -0.298 e. The standard InChI is InChI=1S/C13H9N3O/c17-9-11-12-8-14-6-7-16(12)15-13(11)10-4-2-1-3-5-10/h1-9H. The number of benzene rings is 1. The minimum absolute atomic E-state index is 0.573. The van der Waals surface area contributed by atoms with Crippen LogP contribution >= 0.6 is 0 Å². The Balaban J connectivity index is 2.33. The van der Waals surface area contributed by atoms with Crippen LogP contribution in [0.4, 0.5) is 0 Å². The molecule has 0 spiro atoms. The summed E-state index contributed by atoms with van der Waals surface area (Å²) in [5, 5.41) is 4.40. The highest BCUT2D eigenvalue weighted by Crippen LogP contribution is 2.23. The van der Waals surface area contributed by atoms with Gasteiger partial charge >= 0.3 is 0 Å². The molecule has 0 radical (unpaired) electrons. The van der Waals surface area contributed by atoms with Gasteiger partial charge in [0.25, 0.3) is 0 Å². The molecule has 0 aliphatic rings. The Hall–Kier alpha value is -2.49. The Morgan fingerprint density at radius 2 is 2.00 bits per heavy atom. The number of hydrogen-bond donors (Lipinski definition) is 0. The molecular formula is C13H9N3O. The molecule has 3 rings (SSSR count). The number of carbonyl (C=O) groups excluding carboxylic acids is 1. The highest BCUT2D eigenvalue weighted by atomic mass is 16.1. The van der Waals surface area contributed by atoms with Crippen molar-refractivity contribution in [2.45, 2.75) is 0 Å². The molecule has 0 fully saturated rings. The van der Waals surface area contributed by atoms with Crippen molar-refractivity contribution in [1.29, 1.82) is 0 Å². The van der Waals surface area contributed by atoms with Crippen molar-refractivity contribution in [2.75, 3.05) is 0 Å². The number of rotatable bonds is 2. The van der Waals surface area contributed by atoms with Gasteiger partial charge in [-0.1, -0.05) is 30.3 Å². The van der Waals surface area contributed by atoms with E-state index in [2.05, 4.69) is 10.1 Å². The molecule has 0 aliphatic heterocycles. The van der Waals surface area contributed by atoms with Gasteiger partial charge < -0.3 is 0 Å². The molecule has 0 bridgehead atoms. The van der Waals surface area contributed by atoms with Gasteiger partial charge in [-0.15, -0.1) is 0 Å². The van der Waals surface area contributed by atoms with Crippen LogP contribution in [-0.2, 0) is 0 Å². The first-order chi connectivity index (χ1) is 8.40. The summed E-state index contributed by atoms with van der Waals surface area (Å²) in [4.78, 5) is 15.2. The molecule has 0 amide bonds. The fourth-order valence-corrected chi connectivity index (χ4v) is 1.84. The summed E-state index contributed by atoms with van der Waals surface area (Å²) < 4.78 is 1.67. The second-order valence-corrected chi connectivity index (χ2v) is 3.65. The van der Waals surface area contributed by atoms with Crippen molar-refractivity contribution in [3.8, 4) is 11.3 Å². The maximum Gasteiger partial charge on any atom is 0.154 e. The number of aromatic nitrogens is 3. The zero-order valence-electron chi connectivity index (χ0n) is 8.95. The average Bonchev–Trinajstić information content (AvgIpc) is 2.78. The summed E-state index contributed by atoms with van der Waals surface area (Å²) >= 11 is 0. The predicted molar refractivity (Wildman–Crippen MR) is 63.8 cm³/mol. The van der Waals surface area contributed by atoms with Crippen LogP contribution in [0.25, 0.3) is 16.8 Å². The van der Waals surface area contributed by atoms with Gasteiger partial charge in [0.05, 0.1) is 17.3 Å². The molecule has 4 nitrogen and oxygen atoms in total. The molecule has 1 aromatic carbocycles. The lowest BCUT2D eigenvalue weighted by atomic mass is 10.1. The van der Waals surface area contributed by atoms with Crippen LogP contribution in [0.2, 0.25) is 0 Å². The first-order valence-electron chi connectivity index (χ1n) is 5.23. The lowest BCUT2D eigenvalue weighted by Gasteiger charge is -1.95. The smallest absolute Gasteiger partial charge is 0.154 e. The van der Waals surface area contributed by atoms with E-state index < -0.39 is 0 Å². The third-order valence-corrected chi connectivity index (χ3v) is 2.64. The molecule has 0 aliphatic carbocycles. The molecule has 4 heteroatoms. The van der Waals surface area contributed by atoms with E-state index in [0.29, 0.717) is 11.3 Å². The van der Waals surface area contributed by atoms with E-state index in [1.165, 1.54) is 0 Å². The normalized spacial score (nSPS) is 10.6. The van der Waals surface area contributed by atoms with Crippen molar-refractivity contribution in [3.05, 3.63) is 54.5 Å². The second kappa shape index (κ2) is 3.83. The minimum atomic E-state index is 0.573. The van der Waals surface area contributed by atoms with Crippen molar-refractivity contribution >= 4 is 11.8 Å². The number of nitrogens with zero attached hydrogens (tertiary/aromatic N) is 3. The van der Waals surface area contributed by atoms with Crippen LogP contribution in [0.15, 0.2) is 48.9 Å². The Kier molecular flexibility index (Phi) is 2.19. The topological polar surface area (TPSA) is 47.3 Å². The van der Waals surface area contributed by atoms with E-state index in [1.807, 2.05) is 30.3 Å². The summed E-state index contributed by atoms with van der Waals surface area (Å²) in [7, 11) is 0. The van der Waals surface area contributed by atoms with Gasteiger partial charge in [0.2, 0.25) is 0 Å². The van der Waals surface area contributed by atoms with Crippen molar-refractivity contribution < 1.29 is 4.79 Å². The summed E-state index contributed by atoms with van der Waals surface area (Å²) in [5.74, 6) is 0. The SMILES string of the molecule is O=Cc1c(-c2ccccc2)nn2ccncc12. The van der Waals surface area contributed by atoms with E-state index in [-0.39, 0.29) is 0 Å². The van der Waals surface area contributed by atoms with Crippen molar-refractivity contribution in [3.63, 3.8) is 0 Å². The van der Waals surface area contributed by atoms with Crippen molar-refractivity contribution in [1.82, 2.24) is 14.6 Å². The maximum atomic E-state index is 11.2. The lowest BCUT2D eigenvalue weighted by molar-refractivity contribution is 0.112. The Labute approximate surface area is 97.5 Å². The number of aldehydes is 1. The monoisotopic (exact) mass is 223 g/mol. The molecule has 0 atom stereocenters. The second-order valence-electron chi connectivity index (χ2n) is 3.65. The van der Waals surface area contributed by atoms with Gasteiger partial charge in [0, 0.05) is 18.0 Å². The maximum absolute atomic E-state index is 11.2. The fraction of sp³-hybridized carbons (Fsp3) is 0. The Morgan fingerprint density at radius 1 is 1.18 bits per heavy atom. The molecule has 0 saturated heterocycles. The quantitative estimate of drug-likeness (QED) is 0.626. The molecule has 0 unspecified atom stereocenters. The summed E-state index contributed by atoms with van der Waals surface area (Å²) in [5.41, 5.74) is 2.91. The number of fused-ring (bicyclic) bond motifs is 1. The average molecular weight is 223 g/mol. The number of hydrogen-bond acceptors (Lipinski definition) is 3. The van der Waals surface area contributed by atoms with Crippen LogP contribution in [0.5, 0.6) is 0 Å². The molecule has 3 aromatic rings. The molecule has 17 heavy (non-hydrogen) atoms. The van der Waals surface area contributed by atoms with Gasteiger partial charge in [-0.25, -0.2) is 4.52 Å². The lowest BCUT2D eigenvalue weighted by Crippen LogP contribution is -1.86. The molecule has 2 heterocycles. The van der Waals surface area contributed by atoms with E-state index >= 15 is 0 Å². The highest BCUT2D eigenvalue weighted by Gasteiger charge is 2.13. The van der Waals surface area contributed by atoms with Crippen LogP contribution in [-0.4, -0.2) is 20.9 Å². The van der Waals surface area contributed by atoms with Gasteiger partial charge in [0.15, 0.2) is 6.29 Å². The first kappa shape index (κ1) is 9.72. The summed E-state index contributed by atoms with van der Waals surface area (Å²) in [6, 6.07) is 9.64. The van der Waals surface area contributed by atoms with Crippen molar-refractivity contribution in [2.24, 2.45) is 0 Å². The first-order valence-corrected chi connectivity index (χ1v) is 5.23. The number of carbonyl (C=O) groups is 1. The fourth-order valence-electron chi connectivity index (χ4n) is 1.84. The Bertz CT molecular complexity index is 673. The van der Waals surface area contributed by atoms with Gasteiger partial charge in [-0.3, -0.25) is 9.78 Å². The van der Waals surface area contributed by atoms with E-state index in [1.54, 1.807) is 23.1 Å². The van der Waals surface area contributed by atoms with Crippen LogP contribution in [0.1, 0.15) is 10.4 Å². The third-order valence-electron chi connectivity index (χ3n) is 2.64. The molecule has 2 aromatic heterocycles. The molecule has 0 saturated carbocycles. The van der Waals surface area contributed by atoms with Gasteiger partial charge in [-0.05, 0) is 0 Å². The molecular weight excluding hydrogens is 214 g/mol. The van der Waals surface area contributed by atoms with Gasteiger partial charge in [-0.2, -0.15) is 5.10 Å². The zero-order chi connectivity index (χ0) is 11.7. The largest absolute Gasteiger partial charge is 0.298 e. The highest BCUT2D eigenvalue weighted by molar-refractivity contribution is 5.94. The van der Waals surface area contributed by atoms with E-state index in [4.69, 9.17) is 0 Å². The Morgan fingerprint density at radius 3 is 2.76 bits per heavy atom. The summed E-state index contributed by atoms with van der Waals surface area (Å²) in [6.45, 7) is 0.